The van der Waals surface area contributed by atoms with Crippen LogP contribution >= 0.6 is 0 Å². The fourth-order valence-corrected chi connectivity index (χ4v) is 5.50. The summed E-state index contributed by atoms with van der Waals surface area (Å²) >= 11 is 0. The van der Waals surface area contributed by atoms with Crippen molar-refractivity contribution in [1.29, 1.82) is 0 Å². The van der Waals surface area contributed by atoms with Gasteiger partial charge in [-0.2, -0.15) is 0 Å². The minimum Gasteiger partial charge on any atom is -0.490 e. The summed E-state index contributed by atoms with van der Waals surface area (Å²) in [6, 6.07) is 20.6. The summed E-state index contributed by atoms with van der Waals surface area (Å²) in [7, 11) is -3.80. The van der Waals surface area contributed by atoms with Crippen LogP contribution in [0, 0.1) is 13.8 Å². The lowest BCUT2D eigenvalue weighted by molar-refractivity contribution is 0.297. The normalized spacial score (nSPS) is 14.6. The predicted molar refractivity (Wildman–Crippen MR) is 131 cm³/mol. The van der Waals surface area contributed by atoms with Crippen LogP contribution in [0.4, 0.5) is 0 Å². The van der Waals surface area contributed by atoms with Crippen LogP contribution in [0.15, 0.2) is 76.0 Å². The van der Waals surface area contributed by atoms with Gasteiger partial charge in [-0.05, 0) is 48.7 Å². The molecule has 6 nitrogen and oxygen atoms in total. The van der Waals surface area contributed by atoms with Crippen LogP contribution in [0.25, 0.3) is 11.0 Å². The standard InChI is InChI=1S/C27H27NO5S/c1-18-8-3-4-9-21(18)23(27-19(2)22-10-5-6-11-24(22)33-27)17-28-34(29,30)20-12-13-25-26(16-20)32-15-7-14-31-25/h3-6,8-13,16,23,28H,7,14-15,17H2,1-2H3. The maximum Gasteiger partial charge on any atom is 0.240 e. The molecule has 0 aliphatic carbocycles. The largest absolute Gasteiger partial charge is 0.490 e. The topological polar surface area (TPSA) is 77.8 Å². The Balaban J connectivity index is 1.49. The van der Waals surface area contributed by atoms with E-state index in [2.05, 4.69) is 4.72 Å². The zero-order chi connectivity index (χ0) is 23.7. The number of hydrogen-bond acceptors (Lipinski definition) is 5. The summed E-state index contributed by atoms with van der Waals surface area (Å²) in [4.78, 5) is 0.140. The third-order valence-electron chi connectivity index (χ3n) is 6.27. The Labute approximate surface area is 199 Å². The molecule has 0 amide bonds. The summed E-state index contributed by atoms with van der Waals surface area (Å²) < 4.78 is 46.9. The highest BCUT2D eigenvalue weighted by atomic mass is 32.2. The van der Waals surface area contributed by atoms with Crippen LogP contribution in [0.3, 0.4) is 0 Å². The number of furan rings is 1. The van der Waals surface area contributed by atoms with Gasteiger partial charge in [0.15, 0.2) is 11.5 Å². The van der Waals surface area contributed by atoms with Gasteiger partial charge in [-0.3, -0.25) is 0 Å². The number of rotatable bonds is 6. The van der Waals surface area contributed by atoms with Crippen molar-refractivity contribution in [2.45, 2.75) is 31.1 Å². The average molecular weight is 478 g/mol. The second-order valence-corrected chi connectivity index (χ2v) is 10.3. The first-order valence-electron chi connectivity index (χ1n) is 11.4. The summed E-state index contributed by atoms with van der Waals surface area (Å²) in [5.41, 5.74) is 3.89. The first-order valence-corrected chi connectivity index (χ1v) is 12.9. The van der Waals surface area contributed by atoms with E-state index in [9.17, 15) is 8.42 Å². The van der Waals surface area contributed by atoms with Gasteiger partial charge in [0, 0.05) is 24.4 Å². The van der Waals surface area contributed by atoms with Gasteiger partial charge in [0.2, 0.25) is 10.0 Å². The van der Waals surface area contributed by atoms with Crippen molar-refractivity contribution in [3.8, 4) is 11.5 Å². The van der Waals surface area contributed by atoms with E-state index in [1.54, 1.807) is 12.1 Å². The Morgan fingerprint density at radius 2 is 1.65 bits per heavy atom. The van der Waals surface area contributed by atoms with Crippen molar-refractivity contribution in [2.75, 3.05) is 19.8 Å². The summed E-state index contributed by atoms with van der Waals surface area (Å²) in [6.45, 7) is 5.24. The van der Waals surface area contributed by atoms with Gasteiger partial charge in [-0.15, -0.1) is 0 Å². The molecular weight excluding hydrogens is 450 g/mol. The van der Waals surface area contributed by atoms with Crippen molar-refractivity contribution in [3.05, 3.63) is 89.2 Å². The van der Waals surface area contributed by atoms with E-state index in [-0.39, 0.29) is 17.4 Å². The summed E-state index contributed by atoms with van der Waals surface area (Å²) in [5, 5.41) is 1.03. The van der Waals surface area contributed by atoms with Crippen LogP contribution in [-0.4, -0.2) is 28.2 Å². The number of para-hydroxylation sites is 1. The average Bonchev–Trinajstić information content (AvgIpc) is 3.01. The van der Waals surface area contributed by atoms with Gasteiger partial charge in [0.05, 0.1) is 24.0 Å². The van der Waals surface area contributed by atoms with E-state index in [4.69, 9.17) is 13.9 Å². The van der Waals surface area contributed by atoms with Gasteiger partial charge < -0.3 is 13.9 Å². The van der Waals surface area contributed by atoms with E-state index in [0.717, 1.165) is 39.8 Å². The maximum atomic E-state index is 13.3. The second kappa shape index (κ2) is 9.16. The van der Waals surface area contributed by atoms with Crippen LogP contribution in [0.1, 0.15) is 34.8 Å². The Kier molecular flexibility index (Phi) is 6.06. The van der Waals surface area contributed by atoms with Crippen molar-refractivity contribution in [3.63, 3.8) is 0 Å². The minimum atomic E-state index is -3.80. The molecule has 7 heteroatoms. The molecule has 4 aromatic rings. The van der Waals surface area contributed by atoms with Gasteiger partial charge in [-0.1, -0.05) is 42.5 Å². The molecule has 1 aromatic heterocycles. The molecule has 5 rings (SSSR count). The number of sulfonamides is 1. The van der Waals surface area contributed by atoms with Gasteiger partial charge >= 0.3 is 0 Å². The molecule has 1 atom stereocenters. The second-order valence-electron chi connectivity index (χ2n) is 8.51. The highest BCUT2D eigenvalue weighted by Crippen LogP contribution is 2.36. The van der Waals surface area contributed by atoms with E-state index < -0.39 is 10.0 Å². The molecule has 176 valence electrons. The monoisotopic (exact) mass is 477 g/mol. The Morgan fingerprint density at radius 1 is 0.912 bits per heavy atom. The zero-order valence-electron chi connectivity index (χ0n) is 19.2. The first kappa shape index (κ1) is 22.5. The molecule has 34 heavy (non-hydrogen) atoms. The SMILES string of the molecule is Cc1ccccc1C(CNS(=O)(=O)c1ccc2c(c1)OCCCO2)c1oc2ccccc2c1C. The number of ether oxygens (including phenoxy) is 2. The zero-order valence-corrected chi connectivity index (χ0v) is 20.0. The molecule has 0 fully saturated rings. The van der Waals surface area contributed by atoms with Gasteiger partial charge in [-0.25, -0.2) is 13.1 Å². The molecule has 0 saturated heterocycles. The molecule has 1 aliphatic rings. The van der Waals surface area contributed by atoms with Crippen molar-refractivity contribution in [2.24, 2.45) is 0 Å². The molecule has 1 unspecified atom stereocenters. The van der Waals surface area contributed by atoms with Crippen LogP contribution in [-0.2, 0) is 10.0 Å². The fourth-order valence-electron chi connectivity index (χ4n) is 4.43. The van der Waals surface area contributed by atoms with Crippen LogP contribution in [0.5, 0.6) is 11.5 Å². The number of hydrogen-bond donors (Lipinski definition) is 1. The van der Waals surface area contributed by atoms with Crippen LogP contribution < -0.4 is 14.2 Å². The molecule has 2 heterocycles. The van der Waals surface area contributed by atoms with Crippen LogP contribution in [0.2, 0.25) is 0 Å². The molecule has 0 spiro atoms. The van der Waals surface area contributed by atoms with E-state index >= 15 is 0 Å². The number of benzene rings is 3. The predicted octanol–water partition coefficient (Wildman–Crippen LogP) is 5.32. The molecule has 0 bridgehead atoms. The summed E-state index contributed by atoms with van der Waals surface area (Å²) in [6.07, 6.45) is 0.754. The lowest BCUT2D eigenvalue weighted by Crippen LogP contribution is -2.29. The smallest absolute Gasteiger partial charge is 0.240 e. The fraction of sp³-hybridized carbons (Fsp3) is 0.259. The van der Waals surface area contributed by atoms with Crippen molar-refractivity contribution in [1.82, 2.24) is 4.72 Å². The third kappa shape index (κ3) is 4.29. The highest BCUT2D eigenvalue weighted by Gasteiger charge is 2.26. The number of aryl methyl sites for hydroxylation is 2. The Hall–Kier alpha value is -3.29. The first-order chi connectivity index (χ1) is 16.4. The van der Waals surface area contributed by atoms with Crippen molar-refractivity contribution < 1.29 is 22.3 Å². The molecule has 0 radical (unpaired) electrons. The Bertz CT molecular complexity index is 1440. The number of fused-ring (bicyclic) bond motifs is 2. The third-order valence-corrected chi connectivity index (χ3v) is 7.69. The van der Waals surface area contributed by atoms with E-state index in [0.29, 0.717) is 24.7 Å². The van der Waals surface area contributed by atoms with Gasteiger partial charge in [0.1, 0.15) is 11.3 Å². The maximum absolute atomic E-state index is 13.3. The molecule has 1 aliphatic heterocycles. The van der Waals surface area contributed by atoms with Crippen molar-refractivity contribution >= 4 is 21.0 Å². The number of nitrogens with one attached hydrogen (secondary N) is 1. The Morgan fingerprint density at radius 3 is 2.44 bits per heavy atom. The van der Waals surface area contributed by atoms with E-state index in [1.165, 1.54) is 6.07 Å². The molecule has 1 N–H and O–H groups in total. The highest BCUT2D eigenvalue weighted by molar-refractivity contribution is 7.89. The van der Waals surface area contributed by atoms with E-state index in [1.807, 2.05) is 62.4 Å². The lowest BCUT2D eigenvalue weighted by Gasteiger charge is -2.19. The lowest BCUT2D eigenvalue weighted by atomic mass is 9.91. The van der Waals surface area contributed by atoms with Gasteiger partial charge in [0.25, 0.3) is 0 Å². The molecular formula is C27H27NO5S. The molecule has 3 aromatic carbocycles. The molecule has 0 saturated carbocycles. The minimum absolute atomic E-state index is 0.140. The summed E-state index contributed by atoms with van der Waals surface area (Å²) in [5.74, 6) is 1.48. The quantitative estimate of drug-likeness (QED) is 0.407.